The number of nitrogens with two attached hydrogens (primary N) is 1. The molecule has 3 atom stereocenters. The molecule has 5 heteroatoms. The minimum absolute atomic E-state index is 0.0107. The van der Waals surface area contributed by atoms with Gasteiger partial charge in [-0.25, -0.2) is 0 Å². The summed E-state index contributed by atoms with van der Waals surface area (Å²) >= 11 is 1.49. The lowest BCUT2D eigenvalue weighted by atomic mass is 9.83. The van der Waals surface area contributed by atoms with Crippen LogP contribution in [-0.4, -0.2) is 30.7 Å². The van der Waals surface area contributed by atoms with Crippen molar-refractivity contribution in [1.82, 2.24) is 5.32 Å². The van der Waals surface area contributed by atoms with Gasteiger partial charge in [-0.1, -0.05) is 0 Å². The lowest BCUT2D eigenvalue weighted by Gasteiger charge is -2.42. The maximum Gasteiger partial charge on any atom is 0.261 e. The molecule has 94 valence electrons. The Bertz CT molecular complexity index is 403. The fourth-order valence-electron chi connectivity index (χ4n) is 2.01. The number of hydrogen-bond acceptors (Lipinski definition) is 4. The van der Waals surface area contributed by atoms with Gasteiger partial charge >= 0.3 is 0 Å². The lowest BCUT2D eigenvalue weighted by molar-refractivity contribution is -0.0299. The number of carbonyl (C=O) groups excluding carboxylic acids is 1. The zero-order valence-electron chi connectivity index (χ0n) is 10.1. The summed E-state index contributed by atoms with van der Waals surface area (Å²) in [4.78, 5) is 13.8. The third-order valence-corrected chi connectivity index (χ3v) is 4.01. The zero-order valence-corrected chi connectivity index (χ0v) is 10.9. The van der Waals surface area contributed by atoms with Gasteiger partial charge in [0.1, 0.15) is 0 Å². The number of rotatable bonds is 4. The first-order chi connectivity index (χ1) is 8.11. The third kappa shape index (κ3) is 2.68. The number of carbonyl (C=O) groups is 1. The lowest BCUT2D eigenvalue weighted by Crippen LogP contribution is -2.64. The molecular formula is C12H18N2O2S. The van der Waals surface area contributed by atoms with Crippen LogP contribution in [-0.2, 0) is 4.74 Å². The first-order valence-corrected chi connectivity index (χ1v) is 6.68. The van der Waals surface area contributed by atoms with Crippen LogP contribution < -0.4 is 11.1 Å². The molecule has 0 spiro atoms. The van der Waals surface area contributed by atoms with Gasteiger partial charge in [-0.05, 0) is 32.4 Å². The Labute approximate surface area is 105 Å². The van der Waals surface area contributed by atoms with Crippen LogP contribution in [0.1, 0.15) is 27.9 Å². The Hall–Kier alpha value is -0.910. The molecule has 3 N–H and O–H groups in total. The van der Waals surface area contributed by atoms with Crippen LogP contribution in [0.5, 0.6) is 0 Å². The molecule has 0 aromatic carbocycles. The maximum atomic E-state index is 11.9. The summed E-state index contributed by atoms with van der Waals surface area (Å²) in [5, 5.41) is 2.95. The highest BCUT2D eigenvalue weighted by Gasteiger charge is 2.40. The predicted molar refractivity (Wildman–Crippen MR) is 68.3 cm³/mol. The standard InChI is InChI=1S/C12H18N2O2S/c1-3-16-9-6-8(13)11(9)14-12(15)10-5-4-7(2)17-10/h4-5,8-9,11H,3,6,13H2,1-2H3,(H,14,15). The van der Waals surface area contributed by atoms with Crippen molar-refractivity contribution in [3.05, 3.63) is 21.9 Å². The largest absolute Gasteiger partial charge is 0.376 e. The van der Waals surface area contributed by atoms with E-state index >= 15 is 0 Å². The Morgan fingerprint density at radius 3 is 2.94 bits per heavy atom. The van der Waals surface area contributed by atoms with Crippen LogP contribution in [0.3, 0.4) is 0 Å². The second kappa shape index (κ2) is 5.16. The van der Waals surface area contributed by atoms with Crippen LogP contribution in [0.25, 0.3) is 0 Å². The average Bonchev–Trinajstić information content (AvgIpc) is 2.72. The number of amides is 1. The predicted octanol–water partition coefficient (Wildman–Crippen LogP) is 1.29. The van der Waals surface area contributed by atoms with Gasteiger partial charge in [-0.2, -0.15) is 0 Å². The molecule has 0 bridgehead atoms. The van der Waals surface area contributed by atoms with Crippen molar-refractivity contribution in [3.63, 3.8) is 0 Å². The van der Waals surface area contributed by atoms with E-state index < -0.39 is 0 Å². The Balaban J connectivity index is 1.94. The first-order valence-electron chi connectivity index (χ1n) is 5.86. The molecule has 1 aromatic rings. The van der Waals surface area contributed by atoms with E-state index in [1.165, 1.54) is 11.3 Å². The number of aryl methyl sites for hydroxylation is 1. The second-order valence-corrected chi connectivity index (χ2v) is 5.59. The second-order valence-electron chi connectivity index (χ2n) is 4.30. The number of ether oxygens (including phenoxy) is 1. The van der Waals surface area contributed by atoms with Gasteiger partial charge in [0.05, 0.1) is 17.0 Å². The summed E-state index contributed by atoms with van der Waals surface area (Å²) in [7, 11) is 0. The summed E-state index contributed by atoms with van der Waals surface area (Å²) in [5.74, 6) is -0.0482. The van der Waals surface area contributed by atoms with E-state index in [9.17, 15) is 4.79 Å². The van der Waals surface area contributed by atoms with Crippen molar-refractivity contribution in [3.8, 4) is 0 Å². The van der Waals surface area contributed by atoms with E-state index in [0.717, 1.165) is 16.2 Å². The van der Waals surface area contributed by atoms with Crippen molar-refractivity contribution in [2.45, 2.75) is 38.5 Å². The molecule has 4 nitrogen and oxygen atoms in total. The molecule has 1 heterocycles. The fourth-order valence-corrected chi connectivity index (χ4v) is 2.78. The summed E-state index contributed by atoms with van der Waals surface area (Å²) in [6.07, 6.45) is 0.891. The van der Waals surface area contributed by atoms with Gasteiger partial charge in [-0.3, -0.25) is 4.79 Å². The highest BCUT2D eigenvalue weighted by molar-refractivity contribution is 7.13. The molecule has 3 unspecified atom stereocenters. The average molecular weight is 254 g/mol. The third-order valence-electron chi connectivity index (χ3n) is 3.01. The molecule has 1 aromatic heterocycles. The topological polar surface area (TPSA) is 64.3 Å². The molecule has 0 aliphatic heterocycles. The van der Waals surface area contributed by atoms with E-state index in [4.69, 9.17) is 10.5 Å². The normalized spacial score (nSPS) is 27.6. The number of nitrogens with one attached hydrogen (secondary N) is 1. The molecule has 0 saturated heterocycles. The van der Waals surface area contributed by atoms with E-state index in [0.29, 0.717) is 6.61 Å². The molecular weight excluding hydrogens is 236 g/mol. The molecule has 1 aliphatic carbocycles. The summed E-state index contributed by atoms with van der Waals surface area (Å²) in [6.45, 7) is 4.59. The number of hydrogen-bond donors (Lipinski definition) is 2. The first kappa shape index (κ1) is 12.5. The van der Waals surface area contributed by atoms with Crippen molar-refractivity contribution in [2.24, 2.45) is 5.73 Å². The van der Waals surface area contributed by atoms with Gasteiger partial charge in [0.25, 0.3) is 5.91 Å². The van der Waals surface area contributed by atoms with Crippen molar-refractivity contribution in [1.29, 1.82) is 0 Å². The van der Waals surface area contributed by atoms with Crippen LogP contribution in [0.15, 0.2) is 12.1 Å². The fraction of sp³-hybridized carbons (Fsp3) is 0.583. The maximum absolute atomic E-state index is 11.9. The van der Waals surface area contributed by atoms with E-state index in [2.05, 4.69) is 5.32 Å². The van der Waals surface area contributed by atoms with E-state index in [1.807, 2.05) is 26.0 Å². The van der Waals surface area contributed by atoms with Gasteiger partial charge in [0, 0.05) is 17.5 Å². The Kier molecular flexibility index (Phi) is 3.81. The summed E-state index contributed by atoms with van der Waals surface area (Å²) in [5.41, 5.74) is 5.88. The number of thiophene rings is 1. The van der Waals surface area contributed by atoms with E-state index in [-0.39, 0.29) is 24.1 Å². The van der Waals surface area contributed by atoms with Crippen LogP contribution in [0.4, 0.5) is 0 Å². The Morgan fingerprint density at radius 1 is 1.65 bits per heavy atom. The molecule has 1 amide bonds. The van der Waals surface area contributed by atoms with Gasteiger partial charge < -0.3 is 15.8 Å². The van der Waals surface area contributed by atoms with Crippen LogP contribution in [0, 0.1) is 6.92 Å². The van der Waals surface area contributed by atoms with Crippen molar-refractivity contribution < 1.29 is 9.53 Å². The molecule has 1 saturated carbocycles. The van der Waals surface area contributed by atoms with Crippen molar-refractivity contribution >= 4 is 17.2 Å². The highest BCUT2D eigenvalue weighted by atomic mass is 32.1. The highest BCUT2D eigenvalue weighted by Crippen LogP contribution is 2.23. The monoisotopic (exact) mass is 254 g/mol. The van der Waals surface area contributed by atoms with Gasteiger partial charge in [-0.15, -0.1) is 11.3 Å². The van der Waals surface area contributed by atoms with Gasteiger partial charge in [0.15, 0.2) is 0 Å². The van der Waals surface area contributed by atoms with E-state index in [1.54, 1.807) is 0 Å². The minimum Gasteiger partial charge on any atom is -0.376 e. The minimum atomic E-state index is -0.0511. The van der Waals surface area contributed by atoms with Crippen molar-refractivity contribution in [2.75, 3.05) is 6.61 Å². The van der Waals surface area contributed by atoms with Crippen LogP contribution >= 0.6 is 11.3 Å². The molecule has 1 aliphatic rings. The summed E-state index contributed by atoms with van der Waals surface area (Å²) in [6, 6.07) is 3.75. The van der Waals surface area contributed by atoms with Gasteiger partial charge in [0.2, 0.25) is 0 Å². The molecule has 0 radical (unpaired) electrons. The van der Waals surface area contributed by atoms with Crippen LogP contribution in [0.2, 0.25) is 0 Å². The molecule has 2 rings (SSSR count). The Morgan fingerprint density at radius 2 is 2.41 bits per heavy atom. The zero-order chi connectivity index (χ0) is 12.4. The quantitative estimate of drug-likeness (QED) is 0.851. The molecule has 1 fully saturated rings. The summed E-state index contributed by atoms with van der Waals surface area (Å²) < 4.78 is 5.51. The smallest absolute Gasteiger partial charge is 0.261 e. The SMILES string of the molecule is CCOC1CC(N)C1NC(=O)c1ccc(C)s1. The molecule has 17 heavy (non-hydrogen) atoms.